The molecule has 0 bridgehead atoms. The van der Waals surface area contributed by atoms with Crippen LogP contribution in [0.15, 0.2) is 18.2 Å². The molecule has 0 radical (unpaired) electrons. The summed E-state index contributed by atoms with van der Waals surface area (Å²) in [4.78, 5) is 0. The lowest BCUT2D eigenvalue weighted by molar-refractivity contribution is 0.556. The number of hydrogen-bond acceptors (Lipinski definition) is 3. The molecular weight excluding hydrogens is 198 g/mol. The molecule has 1 aromatic carbocycles. The molecule has 1 fully saturated rings. The van der Waals surface area contributed by atoms with E-state index in [1.807, 2.05) is 6.07 Å². The lowest BCUT2D eigenvalue weighted by Crippen LogP contribution is -2.22. The molecule has 2 atom stereocenters. The van der Waals surface area contributed by atoms with Crippen LogP contribution in [0.1, 0.15) is 31.7 Å². The Morgan fingerprint density at radius 3 is 2.81 bits per heavy atom. The van der Waals surface area contributed by atoms with E-state index in [1.54, 1.807) is 12.1 Å². The molecule has 3 N–H and O–H groups in total. The molecule has 3 nitrogen and oxygen atoms in total. The average molecular weight is 215 g/mol. The Labute approximate surface area is 96.3 Å². The van der Waals surface area contributed by atoms with Crippen molar-refractivity contribution < 1.29 is 0 Å². The summed E-state index contributed by atoms with van der Waals surface area (Å²) in [5, 5.41) is 12.2. The quantitative estimate of drug-likeness (QED) is 0.746. The van der Waals surface area contributed by atoms with Gasteiger partial charge in [-0.15, -0.1) is 0 Å². The number of nitrogens with two attached hydrogens (primary N) is 1. The van der Waals surface area contributed by atoms with Gasteiger partial charge in [0.25, 0.3) is 0 Å². The van der Waals surface area contributed by atoms with Gasteiger partial charge < -0.3 is 11.1 Å². The SMILES string of the molecule is CC1CCCC1Nc1ccc(C#N)cc1N. The molecule has 1 aliphatic carbocycles. The van der Waals surface area contributed by atoms with Gasteiger partial charge in [0.2, 0.25) is 0 Å². The van der Waals surface area contributed by atoms with Crippen molar-refractivity contribution in [3.05, 3.63) is 23.8 Å². The predicted octanol–water partition coefficient (Wildman–Crippen LogP) is 2.74. The van der Waals surface area contributed by atoms with E-state index in [-0.39, 0.29) is 0 Å². The fraction of sp³-hybridized carbons (Fsp3) is 0.462. The monoisotopic (exact) mass is 215 g/mol. The molecule has 0 aromatic heterocycles. The van der Waals surface area contributed by atoms with Crippen molar-refractivity contribution >= 4 is 11.4 Å². The Morgan fingerprint density at radius 1 is 1.44 bits per heavy atom. The minimum atomic E-state index is 0.523. The van der Waals surface area contributed by atoms with Crippen LogP contribution in [0, 0.1) is 17.2 Å². The van der Waals surface area contributed by atoms with Gasteiger partial charge in [0.05, 0.1) is 23.0 Å². The second-order valence-electron chi connectivity index (χ2n) is 4.57. The fourth-order valence-electron chi connectivity index (χ4n) is 2.32. The second kappa shape index (κ2) is 4.44. The van der Waals surface area contributed by atoms with Gasteiger partial charge in [0, 0.05) is 6.04 Å². The Hall–Kier alpha value is -1.69. The maximum atomic E-state index is 8.75. The summed E-state index contributed by atoms with van der Waals surface area (Å²) in [5.74, 6) is 0.704. The van der Waals surface area contributed by atoms with Gasteiger partial charge in [-0.1, -0.05) is 13.3 Å². The predicted molar refractivity (Wildman–Crippen MR) is 66.0 cm³/mol. The molecule has 0 spiro atoms. The van der Waals surface area contributed by atoms with Crippen LogP contribution in [-0.4, -0.2) is 6.04 Å². The maximum absolute atomic E-state index is 8.75. The van der Waals surface area contributed by atoms with Crippen molar-refractivity contribution in [3.8, 4) is 6.07 Å². The number of nitrogens with one attached hydrogen (secondary N) is 1. The normalized spacial score (nSPS) is 24.0. The summed E-state index contributed by atoms with van der Waals surface area (Å²) >= 11 is 0. The van der Waals surface area contributed by atoms with E-state index in [2.05, 4.69) is 18.3 Å². The summed E-state index contributed by atoms with van der Waals surface area (Å²) in [6.07, 6.45) is 3.78. The highest BCUT2D eigenvalue weighted by Gasteiger charge is 2.23. The molecule has 2 unspecified atom stereocenters. The van der Waals surface area contributed by atoms with Gasteiger partial charge in [-0.3, -0.25) is 0 Å². The van der Waals surface area contributed by atoms with Crippen LogP contribution in [0.2, 0.25) is 0 Å². The summed E-state index contributed by atoms with van der Waals surface area (Å²) in [5.41, 5.74) is 8.14. The number of hydrogen-bond donors (Lipinski definition) is 2. The molecule has 0 saturated heterocycles. The second-order valence-corrected chi connectivity index (χ2v) is 4.57. The van der Waals surface area contributed by atoms with Gasteiger partial charge in [0.15, 0.2) is 0 Å². The zero-order valence-electron chi connectivity index (χ0n) is 9.53. The Balaban J connectivity index is 2.13. The Morgan fingerprint density at radius 2 is 2.25 bits per heavy atom. The lowest BCUT2D eigenvalue weighted by Gasteiger charge is -2.19. The molecule has 1 saturated carbocycles. The van der Waals surface area contributed by atoms with E-state index in [1.165, 1.54) is 19.3 Å². The van der Waals surface area contributed by atoms with E-state index in [0.29, 0.717) is 23.2 Å². The first-order chi connectivity index (χ1) is 7.70. The summed E-state index contributed by atoms with van der Waals surface area (Å²) in [6.45, 7) is 2.27. The van der Waals surface area contributed by atoms with Crippen LogP contribution < -0.4 is 11.1 Å². The maximum Gasteiger partial charge on any atom is 0.0992 e. The van der Waals surface area contributed by atoms with E-state index < -0.39 is 0 Å². The number of anilines is 2. The summed E-state index contributed by atoms with van der Waals surface area (Å²) in [6, 6.07) is 8.04. The highest BCUT2D eigenvalue weighted by atomic mass is 14.9. The first-order valence-corrected chi connectivity index (χ1v) is 5.77. The minimum Gasteiger partial charge on any atom is -0.397 e. The molecule has 0 amide bonds. The van der Waals surface area contributed by atoms with Crippen LogP contribution in [0.5, 0.6) is 0 Å². The third-order valence-electron chi connectivity index (χ3n) is 3.38. The van der Waals surface area contributed by atoms with E-state index >= 15 is 0 Å². The number of nitriles is 1. The van der Waals surface area contributed by atoms with Crippen LogP contribution >= 0.6 is 0 Å². The molecule has 0 heterocycles. The van der Waals surface area contributed by atoms with E-state index in [9.17, 15) is 0 Å². The smallest absolute Gasteiger partial charge is 0.0992 e. The van der Waals surface area contributed by atoms with Crippen molar-refractivity contribution in [1.29, 1.82) is 5.26 Å². The number of benzene rings is 1. The van der Waals surface area contributed by atoms with Crippen molar-refractivity contribution in [2.24, 2.45) is 5.92 Å². The van der Waals surface area contributed by atoms with Crippen LogP contribution in [0.25, 0.3) is 0 Å². The van der Waals surface area contributed by atoms with Gasteiger partial charge >= 0.3 is 0 Å². The summed E-state index contributed by atoms with van der Waals surface area (Å²) < 4.78 is 0. The lowest BCUT2D eigenvalue weighted by atomic mass is 10.1. The fourth-order valence-corrected chi connectivity index (χ4v) is 2.32. The van der Waals surface area contributed by atoms with Crippen molar-refractivity contribution in [3.63, 3.8) is 0 Å². The first-order valence-electron chi connectivity index (χ1n) is 5.77. The molecule has 1 aromatic rings. The van der Waals surface area contributed by atoms with Crippen LogP contribution in [0.3, 0.4) is 0 Å². The summed E-state index contributed by atoms with van der Waals surface area (Å²) in [7, 11) is 0. The molecule has 16 heavy (non-hydrogen) atoms. The standard InChI is InChI=1S/C13H17N3/c1-9-3-2-4-12(9)16-13-6-5-10(8-14)7-11(13)15/h5-7,9,12,16H,2-4,15H2,1H3. The van der Waals surface area contributed by atoms with Crippen molar-refractivity contribution in [1.82, 2.24) is 0 Å². The molecule has 1 aliphatic rings. The molecular formula is C13H17N3. The molecule has 2 rings (SSSR count). The minimum absolute atomic E-state index is 0.523. The van der Waals surface area contributed by atoms with Crippen molar-refractivity contribution in [2.45, 2.75) is 32.2 Å². The highest BCUT2D eigenvalue weighted by Crippen LogP contribution is 2.30. The van der Waals surface area contributed by atoms with Gasteiger partial charge in [-0.25, -0.2) is 0 Å². The number of nitrogen functional groups attached to an aromatic ring is 1. The third-order valence-corrected chi connectivity index (χ3v) is 3.38. The average Bonchev–Trinajstić information content (AvgIpc) is 2.67. The number of nitrogens with zero attached hydrogens (tertiary/aromatic N) is 1. The Kier molecular flexibility index (Phi) is 3.00. The molecule has 3 heteroatoms. The molecule has 84 valence electrons. The van der Waals surface area contributed by atoms with Crippen LogP contribution in [-0.2, 0) is 0 Å². The third kappa shape index (κ3) is 2.11. The Bertz CT molecular complexity index is 420. The van der Waals surface area contributed by atoms with Crippen molar-refractivity contribution in [2.75, 3.05) is 11.1 Å². The zero-order valence-corrected chi connectivity index (χ0v) is 9.53. The first kappa shape index (κ1) is 10.8. The van der Waals surface area contributed by atoms with Crippen LogP contribution in [0.4, 0.5) is 11.4 Å². The van der Waals surface area contributed by atoms with E-state index in [4.69, 9.17) is 11.0 Å². The topological polar surface area (TPSA) is 61.8 Å². The highest BCUT2D eigenvalue weighted by molar-refractivity contribution is 5.68. The zero-order chi connectivity index (χ0) is 11.5. The van der Waals surface area contributed by atoms with Gasteiger partial charge in [0.1, 0.15) is 0 Å². The van der Waals surface area contributed by atoms with Gasteiger partial charge in [-0.2, -0.15) is 5.26 Å². The molecule has 0 aliphatic heterocycles. The van der Waals surface area contributed by atoms with Gasteiger partial charge in [-0.05, 0) is 37.0 Å². The van der Waals surface area contributed by atoms with E-state index in [0.717, 1.165) is 5.69 Å². The number of rotatable bonds is 2. The largest absolute Gasteiger partial charge is 0.397 e.